The summed E-state index contributed by atoms with van der Waals surface area (Å²) >= 11 is 5.04. The van der Waals surface area contributed by atoms with E-state index in [4.69, 9.17) is 4.84 Å². The Bertz CT molecular complexity index is 873. The average molecular weight is 555 g/mol. The molecular formula is C18H18BrF2IN2O3. The number of hydrogen-bond donors (Lipinski definition) is 3. The number of aliphatic hydroxyl groups is 1. The van der Waals surface area contributed by atoms with Crippen LogP contribution in [0, 0.1) is 22.1 Å². The monoisotopic (exact) mass is 554 g/mol. The standard InChI is InChI=1S/C18H18BrF2IN2O3/c1-9-6-10(22)4-5-13(9)23-16-11(7-12(19)14(20)15(16)21)17(25)24-27-8-18(2,3)26/h4-7,23,26H,8H2,1-3H3,(H,24,25). The third-order valence-electron chi connectivity index (χ3n) is 3.45. The third-order valence-corrected chi connectivity index (χ3v) is 4.69. The predicted molar refractivity (Wildman–Crippen MR) is 111 cm³/mol. The van der Waals surface area contributed by atoms with Crippen molar-refractivity contribution < 1.29 is 23.5 Å². The topological polar surface area (TPSA) is 70.6 Å². The van der Waals surface area contributed by atoms with Crippen LogP contribution >= 0.6 is 38.5 Å². The van der Waals surface area contributed by atoms with Crippen LogP contribution in [0.25, 0.3) is 0 Å². The number of benzene rings is 2. The van der Waals surface area contributed by atoms with Gasteiger partial charge in [-0.1, -0.05) is 0 Å². The summed E-state index contributed by atoms with van der Waals surface area (Å²) in [5, 5.41) is 12.4. The van der Waals surface area contributed by atoms with E-state index in [9.17, 15) is 18.7 Å². The van der Waals surface area contributed by atoms with E-state index in [-0.39, 0.29) is 22.3 Å². The van der Waals surface area contributed by atoms with Gasteiger partial charge in [-0.2, -0.15) is 0 Å². The lowest BCUT2D eigenvalue weighted by atomic mass is 10.1. The molecule has 0 unspecified atom stereocenters. The highest BCUT2D eigenvalue weighted by molar-refractivity contribution is 14.1. The first-order valence-electron chi connectivity index (χ1n) is 7.85. The molecule has 2 aromatic rings. The minimum Gasteiger partial charge on any atom is -0.388 e. The van der Waals surface area contributed by atoms with Gasteiger partial charge in [-0.15, -0.1) is 0 Å². The molecule has 27 heavy (non-hydrogen) atoms. The molecule has 0 radical (unpaired) electrons. The molecule has 0 spiro atoms. The first kappa shape index (κ1) is 22.0. The summed E-state index contributed by atoms with van der Waals surface area (Å²) < 4.78 is 29.4. The molecule has 9 heteroatoms. The smallest absolute Gasteiger partial charge is 0.277 e. The number of carbonyl (C=O) groups excluding carboxylic acids is 1. The fourth-order valence-corrected chi connectivity index (χ4v) is 3.18. The quantitative estimate of drug-likeness (QED) is 0.272. The van der Waals surface area contributed by atoms with Crippen molar-refractivity contribution in [3.8, 4) is 0 Å². The van der Waals surface area contributed by atoms with Crippen molar-refractivity contribution in [1.29, 1.82) is 0 Å². The van der Waals surface area contributed by atoms with Crippen molar-refractivity contribution in [1.82, 2.24) is 5.48 Å². The SMILES string of the molecule is Cc1cc(I)ccc1Nc1c(C(=O)NOCC(C)(C)O)cc(Br)c(F)c1F. The van der Waals surface area contributed by atoms with Crippen LogP contribution in [0.15, 0.2) is 28.7 Å². The van der Waals surface area contributed by atoms with E-state index in [1.165, 1.54) is 13.8 Å². The Morgan fingerprint density at radius 3 is 2.56 bits per heavy atom. The highest BCUT2D eigenvalue weighted by atomic mass is 127. The van der Waals surface area contributed by atoms with Crippen molar-refractivity contribution in [2.24, 2.45) is 0 Å². The van der Waals surface area contributed by atoms with Crippen molar-refractivity contribution in [3.05, 3.63) is 55.1 Å². The summed E-state index contributed by atoms with van der Waals surface area (Å²) in [6.45, 7) is 4.63. The highest BCUT2D eigenvalue weighted by Gasteiger charge is 2.23. The van der Waals surface area contributed by atoms with Gasteiger partial charge in [-0.05, 0) is 89.1 Å². The largest absolute Gasteiger partial charge is 0.388 e. The van der Waals surface area contributed by atoms with E-state index in [1.54, 1.807) is 12.1 Å². The molecule has 2 aromatic carbocycles. The maximum Gasteiger partial charge on any atom is 0.277 e. The van der Waals surface area contributed by atoms with E-state index in [2.05, 4.69) is 49.3 Å². The van der Waals surface area contributed by atoms with Gasteiger partial charge in [-0.3, -0.25) is 9.63 Å². The number of aryl methyl sites for hydroxylation is 1. The Morgan fingerprint density at radius 2 is 1.96 bits per heavy atom. The van der Waals surface area contributed by atoms with Crippen LogP contribution < -0.4 is 10.8 Å². The van der Waals surface area contributed by atoms with Crippen LogP contribution in [0.3, 0.4) is 0 Å². The Hall–Kier alpha value is -1.30. The van der Waals surface area contributed by atoms with E-state index < -0.39 is 23.1 Å². The lowest BCUT2D eigenvalue weighted by Crippen LogP contribution is -2.33. The number of carbonyl (C=O) groups is 1. The van der Waals surface area contributed by atoms with Gasteiger partial charge in [0.1, 0.15) is 6.61 Å². The molecular weight excluding hydrogens is 537 g/mol. The number of rotatable bonds is 6. The molecule has 0 aliphatic carbocycles. The molecule has 0 aliphatic rings. The van der Waals surface area contributed by atoms with Crippen LogP contribution in [0.4, 0.5) is 20.2 Å². The molecule has 0 aliphatic heterocycles. The summed E-state index contributed by atoms with van der Waals surface area (Å²) in [7, 11) is 0. The van der Waals surface area contributed by atoms with Crippen LogP contribution in [0.5, 0.6) is 0 Å². The van der Waals surface area contributed by atoms with Crippen molar-refractivity contribution >= 4 is 55.8 Å². The molecule has 0 fully saturated rings. The summed E-state index contributed by atoms with van der Waals surface area (Å²) in [5.74, 6) is -3.10. The predicted octanol–water partition coefficient (Wildman–Crippen LogP) is 4.82. The minimum absolute atomic E-state index is 0.158. The number of hydroxylamine groups is 1. The van der Waals surface area contributed by atoms with Gasteiger partial charge in [0.25, 0.3) is 5.91 Å². The lowest BCUT2D eigenvalue weighted by molar-refractivity contribution is -0.0522. The van der Waals surface area contributed by atoms with Crippen LogP contribution in [-0.4, -0.2) is 23.2 Å². The van der Waals surface area contributed by atoms with E-state index in [1.807, 2.05) is 13.0 Å². The van der Waals surface area contributed by atoms with Gasteiger partial charge >= 0.3 is 0 Å². The van der Waals surface area contributed by atoms with Crippen molar-refractivity contribution in [2.75, 3.05) is 11.9 Å². The Balaban J connectivity index is 2.37. The van der Waals surface area contributed by atoms with Gasteiger partial charge in [0, 0.05) is 9.26 Å². The Morgan fingerprint density at radius 1 is 1.30 bits per heavy atom. The minimum atomic E-state index is -1.20. The number of nitrogens with one attached hydrogen (secondary N) is 2. The normalized spacial score (nSPS) is 11.4. The van der Waals surface area contributed by atoms with Gasteiger partial charge in [-0.25, -0.2) is 14.3 Å². The first-order chi connectivity index (χ1) is 12.5. The maximum atomic E-state index is 14.6. The van der Waals surface area contributed by atoms with Crippen LogP contribution in [0.2, 0.25) is 0 Å². The summed E-state index contributed by atoms with van der Waals surface area (Å²) in [4.78, 5) is 17.4. The van der Waals surface area contributed by atoms with Gasteiger partial charge < -0.3 is 10.4 Å². The second-order valence-electron chi connectivity index (χ2n) is 6.53. The van der Waals surface area contributed by atoms with Crippen molar-refractivity contribution in [2.45, 2.75) is 26.4 Å². The molecule has 0 aromatic heterocycles. The summed E-state index contributed by atoms with van der Waals surface area (Å²) in [6.07, 6.45) is 0. The molecule has 5 nitrogen and oxygen atoms in total. The van der Waals surface area contributed by atoms with Gasteiger partial charge in [0.15, 0.2) is 11.6 Å². The summed E-state index contributed by atoms with van der Waals surface area (Å²) in [6, 6.07) is 6.53. The number of halogens is 4. The molecule has 1 amide bonds. The molecule has 3 N–H and O–H groups in total. The Labute approximate surface area is 177 Å². The molecule has 0 saturated heterocycles. The Kier molecular flexibility index (Phi) is 7.17. The fourth-order valence-electron chi connectivity index (χ4n) is 2.13. The molecule has 0 heterocycles. The van der Waals surface area contributed by atoms with Crippen molar-refractivity contribution in [3.63, 3.8) is 0 Å². The van der Waals surface area contributed by atoms with E-state index in [0.29, 0.717) is 5.69 Å². The van der Waals surface area contributed by atoms with Crippen LogP contribution in [-0.2, 0) is 4.84 Å². The number of hydrogen-bond acceptors (Lipinski definition) is 4. The average Bonchev–Trinajstić information content (AvgIpc) is 2.55. The van der Waals surface area contributed by atoms with Gasteiger partial charge in [0.05, 0.1) is 21.3 Å². The first-order valence-corrected chi connectivity index (χ1v) is 9.72. The fraction of sp³-hybridized carbons (Fsp3) is 0.278. The molecule has 0 saturated carbocycles. The maximum absolute atomic E-state index is 14.6. The molecule has 146 valence electrons. The highest BCUT2D eigenvalue weighted by Crippen LogP contribution is 2.32. The molecule has 0 atom stereocenters. The van der Waals surface area contributed by atoms with E-state index >= 15 is 0 Å². The zero-order valence-electron chi connectivity index (χ0n) is 14.8. The third kappa shape index (κ3) is 5.84. The van der Waals surface area contributed by atoms with Crippen LogP contribution in [0.1, 0.15) is 29.8 Å². The van der Waals surface area contributed by atoms with Gasteiger partial charge in [0.2, 0.25) is 0 Å². The second-order valence-corrected chi connectivity index (χ2v) is 8.63. The number of anilines is 2. The lowest BCUT2D eigenvalue weighted by Gasteiger charge is -2.18. The second kappa shape index (κ2) is 8.80. The summed E-state index contributed by atoms with van der Waals surface area (Å²) in [5.41, 5.74) is 1.82. The van der Waals surface area contributed by atoms with E-state index in [0.717, 1.165) is 15.2 Å². The number of amides is 1. The zero-order valence-corrected chi connectivity index (χ0v) is 18.5. The molecule has 2 rings (SSSR count). The molecule has 0 bridgehead atoms. The zero-order chi connectivity index (χ0) is 20.4.